The minimum absolute atomic E-state index is 0.153. The first kappa shape index (κ1) is 13.5. The SMILES string of the molecule is COc1ccc(CCC(C)(C)O)cc1C(=O)O. The van der Waals surface area contributed by atoms with Crippen LogP contribution in [0, 0.1) is 0 Å². The Kier molecular flexibility index (Phi) is 4.12. The topological polar surface area (TPSA) is 66.8 Å². The Morgan fingerprint density at radius 3 is 2.53 bits per heavy atom. The highest BCUT2D eigenvalue weighted by Crippen LogP contribution is 2.22. The van der Waals surface area contributed by atoms with E-state index < -0.39 is 11.6 Å². The van der Waals surface area contributed by atoms with E-state index in [2.05, 4.69) is 0 Å². The van der Waals surface area contributed by atoms with Crippen molar-refractivity contribution in [2.75, 3.05) is 7.11 Å². The maximum absolute atomic E-state index is 11.0. The Labute approximate surface area is 101 Å². The van der Waals surface area contributed by atoms with Gasteiger partial charge in [-0.1, -0.05) is 6.07 Å². The molecule has 1 aromatic carbocycles. The molecule has 0 heterocycles. The fraction of sp³-hybridized carbons (Fsp3) is 0.462. The Morgan fingerprint density at radius 2 is 2.06 bits per heavy atom. The zero-order valence-electron chi connectivity index (χ0n) is 10.4. The lowest BCUT2D eigenvalue weighted by Gasteiger charge is -2.17. The number of carboxylic acid groups (broad SMARTS) is 1. The van der Waals surface area contributed by atoms with Gasteiger partial charge in [0.2, 0.25) is 0 Å². The molecule has 1 rings (SSSR count). The highest BCUT2D eigenvalue weighted by atomic mass is 16.5. The van der Waals surface area contributed by atoms with Gasteiger partial charge in [-0.2, -0.15) is 0 Å². The summed E-state index contributed by atoms with van der Waals surface area (Å²) in [5, 5.41) is 18.6. The summed E-state index contributed by atoms with van der Waals surface area (Å²) in [5.74, 6) is -0.656. The zero-order chi connectivity index (χ0) is 13.1. The number of benzene rings is 1. The number of aromatic carboxylic acids is 1. The molecule has 1 aromatic rings. The van der Waals surface area contributed by atoms with Crippen molar-refractivity contribution < 1.29 is 19.7 Å². The van der Waals surface area contributed by atoms with Crippen molar-refractivity contribution >= 4 is 5.97 Å². The van der Waals surface area contributed by atoms with E-state index in [1.165, 1.54) is 7.11 Å². The van der Waals surface area contributed by atoms with Crippen LogP contribution in [0.4, 0.5) is 0 Å². The second-order valence-corrected chi connectivity index (χ2v) is 4.65. The molecule has 0 aliphatic heterocycles. The predicted molar refractivity (Wildman–Crippen MR) is 64.6 cm³/mol. The van der Waals surface area contributed by atoms with Crippen LogP contribution < -0.4 is 4.74 Å². The van der Waals surface area contributed by atoms with Crippen LogP contribution in [-0.4, -0.2) is 28.9 Å². The van der Waals surface area contributed by atoms with Gasteiger partial charge >= 0.3 is 5.97 Å². The van der Waals surface area contributed by atoms with Gasteiger partial charge in [-0.15, -0.1) is 0 Å². The van der Waals surface area contributed by atoms with Gasteiger partial charge in [0.25, 0.3) is 0 Å². The normalized spacial score (nSPS) is 11.3. The molecule has 0 aliphatic rings. The van der Waals surface area contributed by atoms with E-state index in [0.717, 1.165) is 5.56 Å². The number of hydrogen-bond donors (Lipinski definition) is 2. The number of aryl methyl sites for hydroxylation is 1. The Balaban J connectivity index is 2.89. The molecule has 4 nitrogen and oxygen atoms in total. The fourth-order valence-electron chi connectivity index (χ4n) is 1.53. The standard InChI is InChI=1S/C13H18O4/c1-13(2,16)7-6-9-4-5-11(17-3)10(8-9)12(14)15/h4-5,8,16H,6-7H2,1-3H3,(H,14,15). The molecule has 17 heavy (non-hydrogen) atoms. The average molecular weight is 238 g/mol. The second kappa shape index (κ2) is 5.19. The van der Waals surface area contributed by atoms with E-state index in [4.69, 9.17) is 9.84 Å². The molecule has 2 N–H and O–H groups in total. The van der Waals surface area contributed by atoms with Gasteiger partial charge in [-0.3, -0.25) is 0 Å². The van der Waals surface area contributed by atoms with Crippen LogP contribution in [0.25, 0.3) is 0 Å². The van der Waals surface area contributed by atoms with Crippen molar-refractivity contribution in [2.45, 2.75) is 32.3 Å². The predicted octanol–water partition coefficient (Wildman–Crippen LogP) is 2.10. The van der Waals surface area contributed by atoms with Crippen LogP contribution in [0.15, 0.2) is 18.2 Å². The summed E-state index contributed by atoms with van der Waals surface area (Å²) in [6.45, 7) is 3.46. The highest BCUT2D eigenvalue weighted by molar-refractivity contribution is 5.91. The summed E-state index contributed by atoms with van der Waals surface area (Å²) in [5.41, 5.74) is 0.287. The van der Waals surface area contributed by atoms with Crippen molar-refractivity contribution in [3.05, 3.63) is 29.3 Å². The van der Waals surface area contributed by atoms with Gasteiger partial charge in [-0.05, 0) is 44.4 Å². The van der Waals surface area contributed by atoms with Crippen LogP contribution in [0.1, 0.15) is 36.2 Å². The van der Waals surface area contributed by atoms with Gasteiger partial charge in [0, 0.05) is 0 Å². The Morgan fingerprint density at radius 1 is 1.41 bits per heavy atom. The van der Waals surface area contributed by atoms with Crippen molar-refractivity contribution in [2.24, 2.45) is 0 Å². The van der Waals surface area contributed by atoms with Gasteiger partial charge < -0.3 is 14.9 Å². The van der Waals surface area contributed by atoms with Crippen molar-refractivity contribution in [1.29, 1.82) is 0 Å². The molecule has 94 valence electrons. The number of hydrogen-bond acceptors (Lipinski definition) is 3. The highest BCUT2D eigenvalue weighted by Gasteiger charge is 2.15. The summed E-state index contributed by atoms with van der Waals surface area (Å²) in [6, 6.07) is 5.05. The molecule has 4 heteroatoms. The molecular weight excluding hydrogens is 220 g/mol. The second-order valence-electron chi connectivity index (χ2n) is 4.65. The van der Waals surface area contributed by atoms with E-state index in [0.29, 0.717) is 18.6 Å². The van der Waals surface area contributed by atoms with Crippen LogP contribution in [0.5, 0.6) is 5.75 Å². The minimum Gasteiger partial charge on any atom is -0.496 e. The first-order valence-electron chi connectivity index (χ1n) is 5.46. The van der Waals surface area contributed by atoms with Crippen molar-refractivity contribution in [3.8, 4) is 5.75 Å². The maximum Gasteiger partial charge on any atom is 0.339 e. The number of aliphatic hydroxyl groups is 1. The quantitative estimate of drug-likeness (QED) is 0.824. The molecule has 0 bridgehead atoms. The molecule has 0 saturated heterocycles. The Hall–Kier alpha value is -1.55. The largest absolute Gasteiger partial charge is 0.496 e. The van der Waals surface area contributed by atoms with Gasteiger partial charge in [0.05, 0.1) is 12.7 Å². The number of carboxylic acids is 1. The van der Waals surface area contributed by atoms with Crippen LogP contribution in [0.2, 0.25) is 0 Å². The van der Waals surface area contributed by atoms with E-state index >= 15 is 0 Å². The van der Waals surface area contributed by atoms with E-state index in [1.807, 2.05) is 6.07 Å². The smallest absolute Gasteiger partial charge is 0.339 e. The maximum atomic E-state index is 11.0. The third-order valence-corrected chi connectivity index (χ3v) is 2.52. The zero-order valence-corrected chi connectivity index (χ0v) is 10.4. The summed E-state index contributed by atoms with van der Waals surface area (Å²) in [7, 11) is 1.44. The number of methoxy groups -OCH3 is 1. The number of carbonyl (C=O) groups is 1. The van der Waals surface area contributed by atoms with E-state index in [-0.39, 0.29) is 5.56 Å². The number of ether oxygens (including phenoxy) is 1. The molecular formula is C13H18O4. The van der Waals surface area contributed by atoms with Crippen molar-refractivity contribution in [3.63, 3.8) is 0 Å². The van der Waals surface area contributed by atoms with Gasteiger partial charge in [0.1, 0.15) is 11.3 Å². The average Bonchev–Trinajstić information content (AvgIpc) is 2.25. The van der Waals surface area contributed by atoms with E-state index in [9.17, 15) is 9.90 Å². The first-order chi connectivity index (χ1) is 7.83. The number of rotatable bonds is 5. The lowest BCUT2D eigenvalue weighted by molar-refractivity contribution is 0.0693. The first-order valence-corrected chi connectivity index (χ1v) is 5.46. The molecule has 0 radical (unpaired) electrons. The monoisotopic (exact) mass is 238 g/mol. The molecule has 0 amide bonds. The molecule has 0 atom stereocenters. The molecule has 0 fully saturated rings. The summed E-state index contributed by atoms with van der Waals surface area (Å²) in [4.78, 5) is 11.0. The van der Waals surface area contributed by atoms with Gasteiger partial charge in [-0.25, -0.2) is 4.79 Å². The van der Waals surface area contributed by atoms with Gasteiger partial charge in [0.15, 0.2) is 0 Å². The molecule has 0 unspecified atom stereocenters. The molecule has 0 saturated carbocycles. The molecule has 0 aromatic heterocycles. The van der Waals surface area contributed by atoms with E-state index in [1.54, 1.807) is 26.0 Å². The fourth-order valence-corrected chi connectivity index (χ4v) is 1.53. The lowest BCUT2D eigenvalue weighted by atomic mass is 9.97. The third-order valence-electron chi connectivity index (χ3n) is 2.52. The molecule has 0 aliphatic carbocycles. The summed E-state index contributed by atoms with van der Waals surface area (Å²) in [6.07, 6.45) is 1.21. The van der Waals surface area contributed by atoms with Crippen molar-refractivity contribution in [1.82, 2.24) is 0 Å². The summed E-state index contributed by atoms with van der Waals surface area (Å²) >= 11 is 0. The van der Waals surface area contributed by atoms with Crippen LogP contribution in [-0.2, 0) is 6.42 Å². The summed E-state index contributed by atoms with van der Waals surface area (Å²) < 4.78 is 4.98. The van der Waals surface area contributed by atoms with Crippen LogP contribution in [0.3, 0.4) is 0 Å². The lowest BCUT2D eigenvalue weighted by Crippen LogP contribution is -2.19. The van der Waals surface area contributed by atoms with Crippen LogP contribution >= 0.6 is 0 Å². The minimum atomic E-state index is -1.01. The Bertz CT molecular complexity index is 404. The third kappa shape index (κ3) is 4.07. The molecule has 0 spiro atoms.